The van der Waals surface area contributed by atoms with E-state index in [2.05, 4.69) is 28.2 Å². The van der Waals surface area contributed by atoms with Crippen LogP contribution in [0, 0.1) is 20.8 Å². The average molecular weight is 448 g/mol. The van der Waals surface area contributed by atoms with E-state index in [1.54, 1.807) is 0 Å². The minimum Gasteiger partial charge on any atom is -0.346 e. The number of nitrogens with one attached hydrogen (secondary N) is 1. The molecule has 30 heavy (non-hydrogen) atoms. The standard InChI is InChI=1S/C22H29N3O3S2/c1-14-7-8-17(15(2)11-14)22-23-16(3)20(29-22)21(26)24-18-12-30(27,28)13-19(18)25-9-5-4-6-10-25/h7-8,11,18-19H,4-6,9-10,12-13H2,1-3H3,(H,24,26). The maximum absolute atomic E-state index is 13.1. The predicted octanol–water partition coefficient (Wildman–Crippen LogP) is 3.12. The van der Waals surface area contributed by atoms with Crippen molar-refractivity contribution in [2.45, 2.75) is 52.1 Å². The smallest absolute Gasteiger partial charge is 0.263 e. The number of carbonyl (C=O) groups is 1. The molecule has 1 aromatic heterocycles. The lowest BCUT2D eigenvalue weighted by molar-refractivity contribution is 0.0903. The Labute approximate surface area is 182 Å². The zero-order chi connectivity index (χ0) is 21.5. The van der Waals surface area contributed by atoms with Gasteiger partial charge in [0.05, 0.1) is 23.2 Å². The number of nitrogens with zero attached hydrogens (tertiary/aromatic N) is 2. The number of aromatic nitrogens is 1. The van der Waals surface area contributed by atoms with Gasteiger partial charge in [0, 0.05) is 11.6 Å². The van der Waals surface area contributed by atoms with Gasteiger partial charge < -0.3 is 5.32 Å². The Kier molecular flexibility index (Phi) is 6.01. The molecular formula is C22H29N3O3S2. The van der Waals surface area contributed by atoms with Crippen LogP contribution in [0.2, 0.25) is 0 Å². The molecule has 2 aliphatic rings. The summed E-state index contributed by atoms with van der Waals surface area (Å²) in [6, 6.07) is 5.70. The second kappa shape index (κ2) is 8.40. The second-order valence-corrected chi connectivity index (χ2v) is 11.7. The first-order valence-electron chi connectivity index (χ1n) is 10.5. The summed E-state index contributed by atoms with van der Waals surface area (Å²) in [4.78, 5) is 20.5. The molecule has 0 bridgehead atoms. The number of rotatable bonds is 4. The molecule has 6 nitrogen and oxygen atoms in total. The summed E-state index contributed by atoms with van der Waals surface area (Å²) in [5.41, 5.74) is 4.03. The molecular weight excluding hydrogens is 418 g/mol. The third kappa shape index (κ3) is 4.45. The molecule has 2 aromatic rings. The van der Waals surface area contributed by atoms with Gasteiger partial charge in [0.25, 0.3) is 5.91 Å². The van der Waals surface area contributed by atoms with E-state index in [1.807, 2.05) is 26.0 Å². The second-order valence-electron chi connectivity index (χ2n) is 8.57. The van der Waals surface area contributed by atoms with Crippen LogP contribution in [0.3, 0.4) is 0 Å². The zero-order valence-electron chi connectivity index (χ0n) is 17.8. The van der Waals surface area contributed by atoms with Crippen molar-refractivity contribution in [1.29, 1.82) is 0 Å². The van der Waals surface area contributed by atoms with Gasteiger partial charge in [-0.3, -0.25) is 9.69 Å². The van der Waals surface area contributed by atoms with Crippen LogP contribution in [-0.4, -0.2) is 60.9 Å². The molecule has 2 atom stereocenters. The van der Waals surface area contributed by atoms with Gasteiger partial charge in [-0.1, -0.05) is 30.2 Å². The fraction of sp³-hybridized carbons (Fsp3) is 0.545. The van der Waals surface area contributed by atoms with E-state index in [-0.39, 0.29) is 29.5 Å². The number of hydrogen-bond donors (Lipinski definition) is 1. The van der Waals surface area contributed by atoms with Crippen LogP contribution in [-0.2, 0) is 9.84 Å². The lowest BCUT2D eigenvalue weighted by Crippen LogP contribution is -2.52. The highest BCUT2D eigenvalue weighted by molar-refractivity contribution is 7.91. The number of carbonyl (C=O) groups excluding carboxylic acids is 1. The molecule has 0 radical (unpaired) electrons. The summed E-state index contributed by atoms with van der Waals surface area (Å²) in [6.07, 6.45) is 3.36. The number of likely N-dealkylation sites (tertiary alicyclic amines) is 1. The molecule has 2 aliphatic heterocycles. The summed E-state index contributed by atoms with van der Waals surface area (Å²) < 4.78 is 24.7. The number of amides is 1. The Morgan fingerprint density at radius 2 is 1.87 bits per heavy atom. The van der Waals surface area contributed by atoms with Gasteiger partial charge in [-0.2, -0.15) is 0 Å². The average Bonchev–Trinajstić information content (AvgIpc) is 3.21. The first-order valence-corrected chi connectivity index (χ1v) is 13.2. The molecule has 4 rings (SSSR count). The van der Waals surface area contributed by atoms with Crippen molar-refractivity contribution in [2.75, 3.05) is 24.6 Å². The number of hydrogen-bond acceptors (Lipinski definition) is 6. The van der Waals surface area contributed by atoms with E-state index in [0.29, 0.717) is 10.6 Å². The highest BCUT2D eigenvalue weighted by Crippen LogP contribution is 2.31. The van der Waals surface area contributed by atoms with Gasteiger partial charge >= 0.3 is 0 Å². The lowest BCUT2D eigenvalue weighted by Gasteiger charge is -2.34. The van der Waals surface area contributed by atoms with E-state index in [0.717, 1.165) is 42.1 Å². The first-order chi connectivity index (χ1) is 14.2. The van der Waals surface area contributed by atoms with Crippen LogP contribution in [0.5, 0.6) is 0 Å². The summed E-state index contributed by atoms with van der Waals surface area (Å²) in [5.74, 6) is -0.0695. The van der Waals surface area contributed by atoms with E-state index >= 15 is 0 Å². The molecule has 2 unspecified atom stereocenters. The number of thiazole rings is 1. The van der Waals surface area contributed by atoms with Crippen LogP contribution in [0.25, 0.3) is 10.6 Å². The Bertz CT molecular complexity index is 1060. The number of benzene rings is 1. The molecule has 0 aliphatic carbocycles. The topological polar surface area (TPSA) is 79.4 Å². The van der Waals surface area contributed by atoms with Crippen LogP contribution in [0.4, 0.5) is 0 Å². The van der Waals surface area contributed by atoms with E-state index in [9.17, 15) is 13.2 Å². The van der Waals surface area contributed by atoms with Crippen molar-refractivity contribution >= 4 is 27.1 Å². The minimum atomic E-state index is -3.15. The molecule has 162 valence electrons. The maximum Gasteiger partial charge on any atom is 0.263 e. The van der Waals surface area contributed by atoms with Gasteiger partial charge in [-0.05, 0) is 52.3 Å². The van der Waals surface area contributed by atoms with Gasteiger partial charge in [0.15, 0.2) is 9.84 Å². The van der Waals surface area contributed by atoms with E-state index < -0.39 is 9.84 Å². The van der Waals surface area contributed by atoms with Crippen LogP contribution >= 0.6 is 11.3 Å². The molecule has 0 saturated carbocycles. The molecule has 1 aromatic carbocycles. The highest BCUT2D eigenvalue weighted by atomic mass is 32.2. The molecule has 3 heterocycles. The SMILES string of the molecule is Cc1ccc(-c2nc(C)c(C(=O)NC3CS(=O)(=O)CC3N3CCCCC3)s2)c(C)c1. The van der Waals surface area contributed by atoms with Gasteiger partial charge in [-0.25, -0.2) is 13.4 Å². The molecule has 0 spiro atoms. The van der Waals surface area contributed by atoms with Crippen molar-refractivity contribution in [2.24, 2.45) is 0 Å². The fourth-order valence-corrected chi connectivity index (χ4v) is 7.60. The van der Waals surface area contributed by atoms with Gasteiger partial charge in [-0.15, -0.1) is 11.3 Å². The van der Waals surface area contributed by atoms with Crippen molar-refractivity contribution in [1.82, 2.24) is 15.2 Å². The fourth-order valence-electron chi connectivity index (χ4n) is 4.59. The summed E-state index contributed by atoms with van der Waals surface area (Å²) in [6.45, 7) is 7.75. The first kappa shape index (κ1) is 21.5. The monoisotopic (exact) mass is 447 g/mol. The largest absolute Gasteiger partial charge is 0.346 e. The van der Waals surface area contributed by atoms with Gasteiger partial charge in [0.2, 0.25) is 0 Å². The Morgan fingerprint density at radius 3 is 2.57 bits per heavy atom. The number of piperidine rings is 1. The Morgan fingerprint density at radius 1 is 1.13 bits per heavy atom. The van der Waals surface area contributed by atoms with Crippen molar-refractivity contribution < 1.29 is 13.2 Å². The van der Waals surface area contributed by atoms with Crippen molar-refractivity contribution in [3.05, 3.63) is 39.9 Å². The van der Waals surface area contributed by atoms with Crippen LogP contribution in [0.15, 0.2) is 18.2 Å². The maximum atomic E-state index is 13.1. The van der Waals surface area contributed by atoms with Gasteiger partial charge in [0.1, 0.15) is 9.88 Å². The lowest BCUT2D eigenvalue weighted by atomic mass is 10.0. The van der Waals surface area contributed by atoms with Crippen molar-refractivity contribution in [3.63, 3.8) is 0 Å². The molecule has 8 heteroatoms. The summed E-state index contributed by atoms with van der Waals surface area (Å²) in [7, 11) is -3.15. The Hall–Kier alpha value is -1.77. The third-order valence-electron chi connectivity index (χ3n) is 6.11. The molecule has 2 saturated heterocycles. The van der Waals surface area contributed by atoms with Crippen molar-refractivity contribution in [3.8, 4) is 10.6 Å². The minimum absolute atomic E-state index is 0.0156. The quantitative estimate of drug-likeness (QED) is 0.779. The number of sulfone groups is 1. The summed E-state index contributed by atoms with van der Waals surface area (Å²) >= 11 is 1.37. The Balaban J connectivity index is 1.55. The third-order valence-corrected chi connectivity index (χ3v) is 9.02. The predicted molar refractivity (Wildman–Crippen MR) is 121 cm³/mol. The number of aryl methyl sites for hydroxylation is 3. The van der Waals surface area contributed by atoms with E-state index in [4.69, 9.17) is 0 Å². The van der Waals surface area contributed by atoms with Crippen LogP contribution < -0.4 is 5.32 Å². The molecule has 2 fully saturated rings. The normalized spacial score (nSPS) is 24.1. The molecule has 1 N–H and O–H groups in total. The summed E-state index contributed by atoms with van der Waals surface area (Å²) in [5, 5.41) is 3.86. The highest BCUT2D eigenvalue weighted by Gasteiger charge is 2.42. The molecule has 1 amide bonds. The van der Waals surface area contributed by atoms with Crippen LogP contribution in [0.1, 0.15) is 45.8 Å². The zero-order valence-corrected chi connectivity index (χ0v) is 19.4. The van der Waals surface area contributed by atoms with E-state index in [1.165, 1.54) is 23.3 Å².